The molecule has 4 N–H and O–H groups in total. The molecule has 10 heteroatoms. The highest BCUT2D eigenvalue weighted by molar-refractivity contribution is 5.87. The van der Waals surface area contributed by atoms with Crippen molar-refractivity contribution in [3.63, 3.8) is 0 Å². The van der Waals surface area contributed by atoms with Gasteiger partial charge in [-0.25, -0.2) is 10.3 Å². The van der Waals surface area contributed by atoms with Gasteiger partial charge in [0.05, 0.1) is 0 Å². The van der Waals surface area contributed by atoms with Crippen LogP contribution in [-0.2, 0) is 9.53 Å². The molecule has 0 saturated carbocycles. The van der Waals surface area contributed by atoms with Gasteiger partial charge in [-0.1, -0.05) is 30.3 Å². The molecule has 0 aromatic heterocycles. The van der Waals surface area contributed by atoms with Crippen LogP contribution in [0.25, 0.3) is 0 Å². The van der Waals surface area contributed by atoms with Gasteiger partial charge in [0, 0.05) is 17.8 Å². The van der Waals surface area contributed by atoms with E-state index in [-0.39, 0.29) is 12.5 Å². The Morgan fingerprint density at radius 1 is 0.971 bits per heavy atom. The molecule has 0 bridgehead atoms. The zero-order valence-electron chi connectivity index (χ0n) is 18.3. The summed E-state index contributed by atoms with van der Waals surface area (Å²) in [5, 5.41) is 21.2. The number of fused-ring (bicyclic) bond motifs is 1. The number of hydrogen-bond acceptors (Lipinski definition) is 8. The van der Waals surface area contributed by atoms with Gasteiger partial charge in [0.25, 0.3) is 5.91 Å². The maximum absolute atomic E-state index is 12.9. The number of aromatic hydroxyl groups is 1. The minimum Gasteiger partial charge on any atom is -0.508 e. The number of benzene rings is 3. The predicted octanol–water partition coefficient (Wildman–Crippen LogP) is 3.92. The van der Waals surface area contributed by atoms with Crippen LogP contribution in [0, 0.1) is 0 Å². The van der Waals surface area contributed by atoms with Crippen LogP contribution in [0.1, 0.15) is 11.7 Å². The smallest absolute Gasteiger partial charge is 0.412 e. The Morgan fingerprint density at radius 2 is 1.71 bits per heavy atom. The Morgan fingerprint density at radius 3 is 2.46 bits per heavy atom. The van der Waals surface area contributed by atoms with E-state index in [1.54, 1.807) is 54.6 Å². The molecule has 0 spiro atoms. The van der Waals surface area contributed by atoms with Crippen LogP contribution in [0.4, 0.5) is 10.5 Å². The third-order valence-electron chi connectivity index (χ3n) is 4.94. The first kappa shape index (κ1) is 23.5. The second-order valence-corrected chi connectivity index (χ2v) is 7.34. The second-order valence-electron chi connectivity index (χ2n) is 7.34. The second kappa shape index (κ2) is 10.9. The number of para-hydroxylation sites is 1. The Balaban J connectivity index is 1.61. The van der Waals surface area contributed by atoms with Crippen molar-refractivity contribution in [1.29, 1.82) is 0 Å². The van der Waals surface area contributed by atoms with Crippen LogP contribution in [0.2, 0.25) is 0 Å². The first-order valence-electron chi connectivity index (χ1n) is 10.5. The first-order chi connectivity index (χ1) is 17.0. The lowest BCUT2D eigenvalue weighted by molar-refractivity contribution is -0.124. The number of rotatable bonds is 8. The van der Waals surface area contributed by atoms with E-state index in [9.17, 15) is 14.7 Å². The first-order valence-corrected chi connectivity index (χ1v) is 10.5. The molecule has 0 unspecified atom stereocenters. The average molecular weight is 478 g/mol. The summed E-state index contributed by atoms with van der Waals surface area (Å²) in [6.45, 7) is 0.0957. The number of hydrogen-bond donors (Lipinski definition) is 4. The molecule has 10 nitrogen and oxygen atoms in total. The maximum atomic E-state index is 12.9. The average Bonchev–Trinajstić information content (AvgIpc) is 3.34. The highest BCUT2D eigenvalue weighted by atomic mass is 16.7. The van der Waals surface area contributed by atoms with E-state index in [1.807, 2.05) is 6.07 Å². The minimum absolute atomic E-state index is 0.0213. The molecule has 0 fully saturated rings. The van der Waals surface area contributed by atoms with Crippen molar-refractivity contribution in [2.75, 3.05) is 12.1 Å². The Kier molecular flexibility index (Phi) is 7.34. The molecule has 3 aromatic carbocycles. The largest absolute Gasteiger partial charge is 0.508 e. The Labute approximate surface area is 200 Å². The predicted molar refractivity (Wildman–Crippen MR) is 123 cm³/mol. The summed E-state index contributed by atoms with van der Waals surface area (Å²) in [5.41, 5.74) is 2.41. The van der Waals surface area contributed by atoms with Gasteiger partial charge in [0.2, 0.25) is 6.79 Å². The van der Waals surface area contributed by atoms with Crippen molar-refractivity contribution < 1.29 is 38.9 Å². The summed E-state index contributed by atoms with van der Waals surface area (Å²) in [6.07, 6.45) is -0.428. The summed E-state index contributed by atoms with van der Waals surface area (Å²) < 4.78 is 22.3. The standard InChI is InChI=1S/C25H22N2O8/c28-18-9-6-16(7-10-18)24(21(12-13-23(29)27-31)34-19-4-2-1-3-5-19)35-25(30)26-17-8-11-20-22(14-17)33-15-32-20/h1-14,21,24,28,31H,15H2,(H,26,30)(H,27,29)/b13-12+/t21-,24-/m1/s1. The molecule has 35 heavy (non-hydrogen) atoms. The number of nitrogens with one attached hydrogen (secondary N) is 2. The SMILES string of the molecule is O=C(/C=C/[C@@H](Oc1ccccc1)[C@H](OC(=O)Nc1ccc2c(c1)OCO2)c1ccc(O)cc1)NO. The Bertz CT molecular complexity index is 1200. The molecule has 4 rings (SSSR count). The van der Waals surface area contributed by atoms with Crippen molar-refractivity contribution in [2.45, 2.75) is 12.2 Å². The summed E-state index contributed by atoms with van der Waals surface area (Å²) in [4.78, 5) is 24.5. The molecule has 0 saturated heterocycles. The van der Waals surface area contributed by atoms with Crippen LogP contribution in [0.15, 0.2) is 84.9 Å². The fourth-order valence-electron chi connectivity index (χ4n) is 3.30. The number of amides is 2. The van der Waals surface area contributed by atoms with Crippen molar-refractivity contribution in [3.8, 4) is 23.0 Å². The molecule has 2 amide bonds. The zero-order valence-corrected chi connectivity index (χ0v) is 18.3. The van der Waals surface area contributed by atoms with Gasteiger partial charge in [0.15, 0.2) is 23.7 Å². The van der Waals surface area contributed by atoms with Gasteiger partial charge in [0.1, 0.15) is 11.5 Å². The van der Waals surface area contributed by atoms with E-state index in [4.69, 9.17) is 24.2 Å². The molecule has 1 aliphatic heterocycles. The van der Waals surface area contributed by atoms with Crippen molar-refractivity contribution >= 4 is 17.7 Å². The van der Waals surface area contributed by atoms with Crippen LogP contribution in [-0.4, -0.2) is 35.2 Å². The van der Waals surface area contributed by atoms with Crippen LogP contribution in [0.3, 0.4) is 0 Å². The maximum Gasteiger partial charge on any atom is 0.412 e. The molecule has 2 atom stereocenters. The lowest BCUT2D eigenvalue weighted by atomic mass is 10.0. The van der Waals surface area contributed by atoms with E-state index >= 15 is 0 Å². The lowest BCUT2D eigenvalue weighted by Gasteiger charge is -2.26. The van der Waals surface area contributed by atoms with Crippen molar-refractivity contribution in [3.05, 3.63) is 90.5 Å². The molecule has 0 radical (unpaired) electrons. The topological polar surface area (TPSA) is 136 Å². The summed E-state index contributed by atoms with van der Waals surface area (Å²) in [6, 6.07) is 19.6. The van der Waals surface area contributed by atoms with Gasteiger partial charge < -0.3 is 24.1 Å². The fraction of sp³-hybridized carbons (Fsp3) is 0.120. The highest BCUT2D eigenvalue weighted by Crippen LogP contribution is 2.34. The van der Waals surface area contributed by atoms with Gasteiger partial charge in [-0.15, -0.1) is 0 Å². The van der Waals surface area contributed by atoms with E-state index in [0.717, 1.165) is 6.08 Å². The highest BCUT2D eigenvalue weighted by Gasteiger charge is 2.28. The lowest BCUT2D eigenvalue weighted by Crippen LogP contribution is -2.30. The number of carbonyl (C=O) groups excluding carboxylic acids is 2. The van der Waals surface area contributed by atoms with Gasteiger partial charge in [-0.3, -0.25) is 15.3 Å². The normalized spacial score (nSPS) is 13.6. The number of hydroxylamine groups is 1. The van der Waals surface area contributed by atoms with Crippen LogP contribution >= 0.6 is 0 Å². The van der Waals surface area contributed by atoms with Crippen molar-refractivity contribution in [2.24, 2.45) is 0 Å². The van der Waals surface area contributed by atoms with Crippen LogP contribution < -0.4 is 25.0 Å². The van der Waals surface area contributed by atoms with Crippen LogP contribution in [0.5, 0.6) is 23.0 Å². The number of phenolic OH excluding ortho intramolecular Hbond substituents is 1. The molecule has 1 aliphatic rings. The minimum atomic E-state index is -1.05. The van der Waals surface area contributed by atoms with Crippen molar-refractivity contribution in [1.82, 2.24) is 5.48 Å². The Hall–Kier alpha value is -4.70. The van der Waals surface area contributed by atoms with Gasteiger partial charge in [-0.2, -0.15) is 0 Å². The number of anilines is 1. The van der Waals surface area contributed by atoms with E-state index in [2.05, 4.69) is 5.32 Å². The van der Waals surface area contributed by atoms with E-state index < -0.39 is 24.2 Å². The molecule has 1 heterocycles. The van der Waals surface area contributed by atoms with Gasteiger partial charge >= 0.3 is 6.09 Å². The molecule has 3 aromatic rings. The number of phenols is 1. The van der Waals surface area contributed by atoms with E-state index in [0.29, 0.717) is 28.5 Å². The molecule has 180 valence electrons. The third kappa shape index (κ3) is 6.21. The number of ether oxygens (including phenoxy) is 4. The monoisotopic (exact) mass is 478 g/mol. The molecular formula is C25H22N2O8. The van der Waals surface area contributed by atoms with Gasteiger partial charge in [-0.05, 0) is 48.0 Å². The number of carbonyl (C=O) groups is 2. The summed E-state index contributed by atoms with van der Waals surface area (Å²) in [5.74, 6) is 0.736. The fourth-order valence-corrected chi connectivity index (χ4v) is 3.30. The summed E-state index contributed by atoms with van der Waals surface area (Å²) in [7, 11) is 0. The van der Waals surface area contributed by atoms with E-state index in [1.165, 1.54) is 23.7 Å². The summed E-state index contributed by atoms with van der Waals surface area (Å²) >= 11 is 0. The molecular weight excluding hydrogens is 456 g/mol. The zero-order chi connectivity index (χ0) is 24.6. The third-order valence-corrected chi connectivity index (χ3v) is 4.94. The quantitative estimate of drug-likeness (QED) is 0.217. The molecule has 0 aliphatic carbocycles.